The number of hydrogen-bond donors (Lipinski definition) is 1. The summed E-state index contributed by atoms with van der Waals surface area (Å²) >= 11 is 5.37. The van der Waals surface area contributed by atoms with Crippen LogP contribution in [0.15, 0.2) is 15.9 Å². The molecule has 0 spiro atoms. The highest BCUT2D eigenvalue weighted by Gasteiger charge is 2.20. The van der Waals surface area contributed by atoms with Crippen LogP contribution in [0, 0.1) is 5.92 Å². The van der Waals surface area contributed by atoms with E-state index < -0.39 is 0 Å². The average molecular weight is 290 g/mol. The summed E-state index contributed by atoms with van der Waals surface area (Å²) in [5.74, 6) is 0.746. The summed E-state index contributed by atoms with van der Waals surface area (Å²) in [6.45, 7) is 7.77. The highest BCUT2D eigenvalue weighted by Crippen LogP contribution is 2.33. The highest BCUT2D eigenvalue weighted by molar-refractivity contribution is 9.10. The molecule has 0 aliphatic rings. The standard InChI is InChI=1S/C12H20BrNS/c1-4-9(5-2)12(14-6-3)11-7-10(13)8-15-11/h7-9,12,14H,4-6H2,1-3H3. The second-order valence-corrected chi connectivity index (χ2v) is 5.64. The van der Waals surface area contributed by atoms with Gasteiger partial charge in [0.05, 0.1) is 0 Å². The molecule has 1 nitrogen and oxygen atoms in total. The molecular weight excluding hydrogens is 270 g/mol. The van der Waals surface area contributed by atoms with Gasteiger partial charge in [0, 0.05) is 20.8 Å². The Bertz CT molecular complexity index is 281. The van der Waals surface area contributed by atoms with Crippen LogP contribution in [0.1, 0.15) is 44.5 Å². The van der Waals surface area contributed by atoms with Crippen molar-refractivity contribution in [3.05, 3.63) is 20.8 Å². The topological polar surface area (TPSA) is 12.0 Å². The van der Waals surface area contributed by atoms with Gasteiger partial charge in [0.15, 0.2) is 0 Å². The molecule has 0 fully saturated rings. The maximum atomic E-state index is 3.60. The Morgan fingerprint density at radius 3 is 2.40 bits per heavy atom. The van der Waals surface area contributed by atoms with Crippen LogP contribution in [0.5, 0.6) is 0 Å². The molecule has 1 rings (SSSR count). The van der Waals surface area contributed by atoms with Gasteiger partial charge in [-0.25, -0.2) is 0 Å². The van der Waals surface area contributed by atoms with Crippen LogP contribution in [-0.4, -0.2) is 6.54 Å². The first-order valence-electron chi connectivity index (χ1n) is 5.70. The van der Waals surface area contributed by atoms with Gasteiger partial charge in [-0.15, -0.1) is 11.3 Å². The van der Waals surface area contributed by atoms with Gasteiger partial charge in [0.25, 0.3) is 0 Å². The van der Waals surface area contributed by atoms with Crippen LogP contribution < -0.4 is 5.32 Å². The summed E-state index contributed by atoms with van der Waals surface area (Å²) in [6.07, 6.45) is 2.48. The van der Waals surface area contributed by atoms with Crippen LogP contribution in [0.2, 0.25) is 0 Å². The molecule has 0 saturated carbocycles. The lowest BCUT2D eigenvalue weighted by Gasteiger charge is -2.25. The summed E-state index contributed by atoms with van der Waals surface area (Å²) in [6, 6.07) is 2.78. The number of rotatable bonds is 6. The Labute approximate surface area is 105 Å². The van der Waals surface area contributed by atoms with E-state index in [1.54, 1.807) is 0 Å². The third kappa shape index (κ3) is 3.58. The minimum atomic E-state index is 0.529. The molecule has 0 aromatic carbocycles. The number of halogens is 1. The van der Waals surface area contributed by atoms with Crippen LogP contribution in [0.4, 0.5) is 0 Å². The predicted octanol–water partition coefficient (Wildman–Crippen LogP) is 4.60. The van der Waals surface area contributed by atoms with E-state index in [9.17, 15) is 0 Å². The van der Waals surface area contributed by atoms with E-state index in [1.807, 2.05) is 11.3 Å². The fraction of sp³-hybridized carbons (Fsp3) is 0.667. The largest absolute Gasteiger partial charge is 0.309 e. The second-order valence-electron chi connectivity index (χ2n) is 3.78. The zero-order valence-corrected chi connectivity index (χ0v) is 12.1. The molecule has 1 unspecified atom stereocenters. The lowest BCUT2D eigenvalue weighted by Crippen LogP contribution is -2.26. The van der Waals surface area contributed by atoms with Crippen molar-refractivity contribution in [3.63, 3.8) is 0 Å². The Balaban J connectivity index is 2.81. The maximum Gasteiger partial charge on any atom is 0.0443 e. The summed E-state index contributed by atoms with van der Waals surface area (Å²) in [5.41, 5.74) is 0. The van der Waals surface area contributed by atoms with Gasteiger partial charge in [0.2, 0.25) is 0 Å². The van der Waals surface area contributed by atoms with E-state index in [1.165, 1.54) is 22.2 Å². The van der Waals surface area contributed by atoms with E-state index in [-0.39, 0.29) is 0 Å². The lowest BCUT2D eigenvalue weighted by molar-refractivity contribution is 0.351. The van der Waals surface area contributed by atoms with E-state index in [0.29, 0.717) is 6.04 Å². The molecule has 0 aliphatic heterocycles. The molecule has 1 heterocycles. The van der Waals surface area contributed by atoms with Crippen molar-refractivity contribution in [2.24, 2.45) is 5.92 Å². The molecule has 1 aromatic rings. The van der Waals surface area contributed by atoms with Gasteiger partial charge in [-0.2, -0.15) is 0 Å². The van der Waals surface area contributed by atoms with Gasteiger partial charge in [-0.3, -0.25) is 0 Å². The van der Waals surface area contributed by atoms with Crippen molar-refractivity contribution in [3.8, 4) is 0 Å². The Morgan fingerprint density at radius 1 is 1.33 bits per heavy atom. The van der Waals surface area contributed by atoms with Gasteiger partial charge in [-0.1, -0.05) is 33.6 Å². The monoisotopic (exact) mass is 289 g/mol. The number of thiophene rings is 1. The van der Waals surface area contributed by atoms with Crippen LogP contribution >= 0.6 is 27.3 Å². The van der Waals surface area contributed by atoms with E-state index in [4.69, 9.17) is 0 Å². The smallest absolute Gasteiger partial charge is 0.0443 e. The fourth-order valence-corrected chi connectivity index (χ4v) is 3.58. The average Bonchev–Trinajstić information content (AvgIpc) is 2.65. The van der Waals surface area contributed by atoms with Gasteiger partial charge < -0.3 is 5.32 Å². The molecule has 0 aliphatic carbocycles. The van der Waals surface area contributed by atoms with Gasteiger partial charge in [0.1, 0.15) is 0 Å². The first-order valence-corrected chi connectivity index (χ1v) is 7.37. The fourth-order valence-electron chi connectivity index (χ4n) is 1.97. The zero-order valence-electron chi connectivity index (χ0n) is 9.72. The Morgan fingerprint density at radius 2 is 2.00 bits per heavy atom. The van der Waals surface area contributed by atoms with Crippen molar-refractivity contribution in [2.75, 3.05) is 6.54 Å². The molecule has 1 N–H and O–H groups in total. The van der Waals surface area contributed by atoms with E-state index in [2.05, 4.69) is 53.5 Å². The Hall–Kier alpha value is 0.140. The normalized spacial score (nSPS) is 13.4. The zero-order chi connectivity index (χ0) is 11.3. The Kier molecular flexibility index (Phi) is 5.87. The van der Waals surface area contributed by atoms with Gasteiger partial charge >= 0.3 is 0 Å². The summed E-state index contributed by atoms with van der Waals surface area (Å²) < 4.78 is 1.20. The summed E-state index contributed by atoms with van der Waals surface area (Å²) in [5, 5.41) is 5.77. The third-order valence-electron chi connectivity index (χ3n) is 2.84. The first kappa shape index (κ1) is 13.2. The molecule has 0 amide bonds. The summed E-state index contributed by atoms with van der Waals surface area (Å²) in [4.78, 5) is 1.46. The van der Waals surface area contributed by atoms with Crippen molar-refractivity contribution < 1.29 is 0 Å². The van der Waals surface area contributed by atoms with Crippen LogP contribution in [0.25, 0.3) is 0 Å². The van der Waals surface area contributed by atoms with Gasteiger partial charge in [-0.05, 0) is 34.5 Å². The quantitative estimate of drug-likeness (QED) is 0.807. The van der Waals surface area contributed by atoms with Crippen molar-refractivity contribution >= 4 is 27.3 Å². The highest BCUT2D eigenvalue weighted by atomic mass is 79.9. The first-order chi connectivity index (χ1) is 7.22. The summed E-state index contributed by atoms with van der Waals surface area (Å²) in [7, 11) is 0. The lowest BCUT2D eigenvalue weighted by atomic mass is 9.93. The van der Waals surface area contributed by atoms with Crippen LogP contribution in [0.3, 0.4) is 0 Å². The maximum absolute atomic E-state index is 3.60. The molecular formula is C12H20BrNS. The number of hydrogen-bond acceptors (Lipinski definition) is 2. The molecule has 1 atom stereocenters. The van der Waals surface area contributed by atoms with Crippen molar-refractivity contribution in [1.29, 1.82) is 0 Å². The molecule has 0 radical (unpaired) electrons. The predicted molar refractivity (Wildman–Crippen MR) is 72.5 cm³/mol. The third-order valence-corrected chi connectivity index (χ3v) is 4.62. The van der Waals surface area contributed by atoms with Crippen molar-refractivity contribution in [1.82, 2.24) is 5.32 Å². The molecule has 86 valence electrons. The number of nitrogens with one attached hydrogen (secondary N) is 1. The second kappa shape index (κ2) is 6.66. The van der Waals surface area contributed by atoms with E-state index in [0.717, 1.165) is 12.5 Å². The molecule has 1 aromatic heterocycles. The molecule has 0 bridgehead atoms. The molecule has 0 saturated heterocycles. The SMILES string of the molecule is CCNC(c1cc(Br)cs1)C(CC)CC. The minimum Gasteiger partial charge on any atom is -0.309 e. The van der Waals surface area contributed by atoms with Crippen molar-refractivity contribution in [2.45, 2.75) is 39.7 Å². The van der Waals surface area contributed by atoms with Crippen LogP contribution in [-0.2, 0) is 0 Å². The molecule has 15 heavy (non-hydrogen) atoms. The van der Waals surface area contributed by atoms with E-state index >= 15 is 0 Å². The molecule has 3 heteroatoms. The minimum absolute atomic E-state index is 0.529.